The fourth-order valence-corrected chi connectivity index (χ4v) is 4.24. The highest BCUT2D eigenvalue weighted by Gasteiger charge is 2.19. The van der Waals surface area contributed by atoms with Gasteiger partial charge in [0, 0.05) is 16.9 Å². The average molecular weight is 388 g/mol. The summed E-state index contributed by atoms with van der Waals surface area (Å²) in [6, 6.07) is 5.95. The first-order valence-corrected chi connectivity index (χ1v) is 10.1. The first-order chi connectivity index (χ1) is 13.1. The number of hydrogen-bond acceptors (Lipinski definition) is 5. The monoisotopic (exact) mass is 387 g/mol. The van der Waals surface area contributed by atoms with Gasteiger partial charge in [0.05, 0.1) is 19.1 Å². The number of aromatic nitrogens is 1. The van der Waals surface area contributed by atoms with Crippen LogP contribution in [0.2, 0.25) is 0 Å². The molecule has 0 spiro atoms. The van der Waals surface area contributed by atoms with E-state index in [2.05, 4.69) is 5.38 Å². The predicted molar refractivity (Wildman–Crippen MR) is 106 cm³/mol. The molecule has 5 nitrogen and oxygen atoms in total. The molecule has 144 valence electrons. The lowest BCUT2D eigenvalue weighted by Crippen LogP contribution is -2.11. The smallest absolute Gasteiger partial charge is 0.338 e. The zero-order chi connectivity index (χ0) is 19.2. The Morgan fingerprint density at radius 2 is 2.11 bits per heavy atom. The van der Waals surface area contributed by atoms with E-state index in [-0.39, 0.29) is 12.2 Å². The van der Waals surface area contributed by atoms with E-state index in [1.54, 1.807) is 11.3 Å². The molecule has 2 aromatic rings. The van der Waals surface area contributed by atoms with E-state index in [1.807, 2.05) is 25.1 Å². The summed E-state index contributed by atoms with van der Waals surface area (Å²) in [7, 11) is 1.42. The molecular weight excluding hydrogens is 362 g/mol. The molecule has 1 aliphatic carbocycles. The van der Waals surface area contributed by atoms with Crippen molar-refractivity contribution < 1.29 is 19.4 Å². The molecule has 0 radical (unpaired) electrons. The van der Waals surface area contributed by atoms with Crippen molar-refractivity contribution in [2.75, 3.05) is 13.7 Å². The first kappa shape index (κ1) is 19.4. The van der Waals surface area contributed by atoms with Crippen molar-refractivity contribution in [1.82, 2.24) is 4.98 Å². The van der Waals surface area contributed by atoms with Gasteiger partial charge in [-0.1, -0.05) is 31.4 Å². The fraction of sp³-hybridized carbons (Fsp3) is 0.429. The van der Waals surface area contributed by atoms with Gasteiger partial charge in [0.15, 0.2) is 0 Å². The Labute approximate surface area is 163 Å². The molecule has 1 saturated carbocycles. The summed E-state index contributed by atoms with van der Waals surface area (Å²) in [5.41, 5.74) is 3.21. The molecule has 27 heavy (non-hydrogen) atoms. The highest BCUT2D eigenvalue weighted by molar-refractivity contribution is 7.13. The van der Waals surface area contributed by atoms with Crippen LogP contribution in [0.3, 0.4) is 0 Å². The van der Waals surface area contributed by atoms with Crippen LogP contribution in [-0.2, 0) is 9.53 Å². The molecule has 1 fully saturated rings. The van der Waals surface area contributed by atoms with Crippen LogP contribution in [0.1, 0.15) is 49.3 Å². The summed E-state index contributed by atoms with van der Waals surface area (Å²) < 4.78 is 10.6. The van der Waals surface area contributed by atoms with Crippen molar-refractivity contribution in [3.63, 3.8) is 0 Å². The number of methoxy groups -OCH3 is 1. The van der Waals surface area contributed by atoms with Crippen molar-refractivity contribution in [2.45, 2.75) is 44.9 Å². The van der Waals surface area contributed by atoms with Crippen molar-refractivity contribution in [2.24, 2.45) is 0 Å². The van der Waals surface area contributed by atoms with Gasteiger partial charge in [-0.05, 0) is 31.4 Å². The van der Waals surface area contributed by atoms with Crippen LogP contribution in [0.25, 0.3) is 10.6 Å². The topological polar surface area (TPSA) is 68.7 Å². The van der Waals surface area contributed by atoms with Crippen LogP contribution in [0.4, 0.5) is 0 Å². The number of aliphatic carboxylic acids is 1. The summed E-state index contributed by atoms with van der Waals surface area (Å²) >= 11 is 1.66. The molecule has 1 aliphatic rings. The highest BCUT2D eigenvalue weighted by atomic mass is 32.1. The minimum absolute atomic E-state index is 0.0569. The lowest BCUT2D eigenvalue weighted by molar-refractivity contribution is -0.133. The second-order valence-corrected chi connectivity index (χ2v) is 7.72. The van der Waals surface area contributed by atoms with Gasteiger partial charge in [0.25, 0.3) is 0 Å². The molecular formula is C21H25NO4S. The summed E-state index contributed by atoms with van der Waals surface area (Å²) in [5, 5.41) is 12.3. The van der Waals surface area contributed by atoms with Gasteiger partial charge in [-0.15, -0.1) is 11.3 Å². The van der Waals surface area contributed by atoms with Crippen molar-refractivity contribution >= 4 is 17.3 Å². The lowest BCUT2D eigenvalue weighted by Gasteiger charge is -2.19. The number of rotatable bonds is 7. The third-order valence-corrected chi connectivity index (χ3v) is 5.81. The van der Waals surface area contributed by atoms with Gasteiger partial charge in [-0.25, -0.2) is 9.78 Å². The van der Waals surface area contributed by atoms with Crippen LogP contribution in [0, 0.1) is 6.92 Å². The quantitative estimate of drug-likeness (QED) is 0.525. The summed E-state index contributed by atoms with van der Waals surface area (Å²) in [6.45, 7) is 1.88. The number of carboxylic acid groups (broad SMARTS) is 1. The Morgan fingerprint density at radius 3 is 2.81 bits per heavy atom. The summed E-state index contributed by atoms with van der Waals surface area (Å²) in [5.74, 6) is 0.190. The maximum atomic E-state index is 11.2. The Bertz CT molecular complexity index is 821. The molecule has 0 atom stereocenters. The minimum atomic E-state index is -1.05. The molecule has 0 unspecified atom stereocenters. The molecule has 1 heterocycles. The largest absolute Gasteiger partial charge is 0.504 e. The standard InChI is InChI=1S/C21H25NO4S/c1-14-8-9-16(10-19(14)26-12-17(11-25-2)21(23)24)20-22-18(13-27-20)15-6-4-3-5-7-15/h8-11,13,15H,3-7,12H2,1-2H3,(H,23,24)/b17-11-. The zero-order valence-electron chi connectivity index (χ0n) is 15.7. The Hall–Kier alpha value is -2.34. The van der Waals surface area contributed by atoms with E-state index in [0.29, 0.717) is 11.7 Å². The third kappa shape index (κ3) is 4.89. The number of thiazole rings is 1. The predicted octanol–water partition coefficient (Wildman–Crippen LogP) is 5.16. The van der Waals surface area contributed by atoms with Gasteiger partial charge in [-0.2, -0.15) is 0 Å². The molecule has 0 saturated heterocycles. The maximum absolute atomic E-state index is 11.2. The first-order valence-electron chi connectivity index (χ1n) is 9.23. The van der Waals surface area contributed by atoms with Crippen molar-refractivity contribution in [1.29, 1.82) is 0 Å². The van der Waals surface area contributed by atoms with Crippen molar-refractivity contribution in [3.8, 4) is 16.3 Å². The van der Waals surface area contributed by atoms with Gasteiger partial charge in [0.2, 0.25) is 0 Å². The van der Waals surface area contributed by atoms with Crippen molar-refractivity contribution in [3.05, 3.63) is 46.7 Å². The van der Waals surface area contributed by atoms with Crippen LogP contribution in [0.5, 0.6) is 5.75 Å². The molecule has 6 heteroatoms. The van der Waals surface area contributed by atoms with Gasteiger partial charge in [-0.3, -0.25) is 0 Å². The Kier molecular flexibility index (Phi) is 6.50. The number of nitrogens with zero attached hydrogens (tertiary/aromatic N) is 1. The van der Waals surface area contributed by atoms with E-state index in [0.717, 1.165) is 16.1 Å². The van der Waals surface area contributed by atoms with Crippen LogP contribution >= 0.6 is 11.3 Å². The molecule has 0 aliphatic heterocycles. The maximum Gasteiger partial charge on any atom is 0.338 e. The Morgan fingerprint density at radius 1 is 1.33 bits per heavy atom. The molecule has 0 bridgehead atoms. The number of hydrogen-bond donors (Lipinski definition) is 1. The van der Waals surface area contributed by atoms with E-state index in [4.69, 9.17) is 14.5 Å². The number of carboxylic acids is 1. The summed E-state index contributed by atoms with van der Waals surface area (Å²) in [4.78, 5) is 16.1. The van der Waals surface area contributed by atoms with E-state index >= 15 is 0 Å². The molecule has 0 amide bonds. The van der Waals surface area contributed by atoms with Gasteiger partial charge in [0.1, 0.15) is 22.9 Å². The van der Waals surface area contributed by atoms with Crippen LogP contribution < -0.4 is 4.74 Å². The summed E-state index contributed by atoms with van der Waals surface area (Å²) in [6.07, 6.45) is 7.58. The highest BCUT2D eigenvalue weighted by Crippen LogP contribution is 2.36. The zero-order valence-corrected chi connectivity index (χ0v) is 16.6. The molecule has 3 rings (SSSR count). The van der Waals surface area contributed by atoms with Gasteiger partial charge >= 0.3 is 5.97 Å². The fourth-order valence-electron chi connectivity index (χ4n) is 3.34. The number of carbonyl (C=O) groups is 1. The van der Waals surface area contributed by atoms with E-state index < -0.39 is 5.97 Å². The van der Waals surface area contributed by atoms with E-state index in [9.17, 15) is 9.90 Å². The SMILES string of the molecule is CO/C=C(/COc1cc(-c2nc(C3CCCCC3)cs2)ccc1C)C(=O)O. The van der Waals surface area contributed by atoms with Crippen LogP contribution in [-0.4, -0.2) is 29.8 Å². The average Bonchev–Trinajstić information content (AvgIpc) is 3.17. The second kappa shape index (κ2) is 9.04. The van der Waals surface area contributed by atoms with E-state index in [1.165, 1.54) is 51.2 Å². The Balaban J connectivity index is 1.76. The second-order valence-electron chi connectivity index (χ2n) is 6.87. The van der Waals surface area contributed by atoms with Crippen LogP contribution in [0.15, 0.2) is 35.4 Å². The lowest BCUT2D eigenvalue weighted by atomic mass is 9.87. The van der Waals surface area contributed by atoms with Gasteiger partial charge < -0.3 is 14.6 Å². The minimum Gasteiger partial charge on any atom is -0.504 e. The number of benzene rings is 1. The number of aryl methyl sites for hydroxylation is 1. The molecule has 1 aromatic heterocycles. The third-order valence-electron chi connectivity index (χ3n) is 4.90. The number of ether oxygens (including phenoxy) is 2. The molecule has 1 N–H and O–H groups in total. The normalized spacial score (nSPS) is 15.6. The molecule has 1 aromatic carbocycles.